The van der Waals surface area contributed by atoms with Crippen molar-refractivity contribution in [3.63, 3.8) is 0 Å². The largest absolute Gasteiger partial charge is 0.293 e. The van der Waals surface area contributed by atoms with Gasteiger partial charge in [-0.2, -0.15) is 5.26 Å². The molecule has 0 aromatic carbocycles. The van der Waals surface area contributed by atoms with Crippen molar-refractivity contribution in [2.24, 2.45) is 0 Å². The van der Waals surface area contributed by atoms with Crippen LogP contribution in [0, 0.1) is 11.3 Å². The first-order valence-electron chi connectivity index (χ1n) is 6.39. The second-order valence-electron chi connectivity index (χ2n) is 5.79. The molecule has 0 bridgehead atoms. The number of hydrogen-bond donors (Lipinski definition) is 0. The fraction of sp³-hybridized carbons (Fsp3) is 0.714. The van der Waals surface area contributed by atoms with Gasteiger partial charge in [0.25, 0.3) is 0 Å². The van der Waals surface area contributed by atoms with Gasteiger partial charge in [0.15, 0.2) is 5.78 Å². The van der Waals surface area contributed by atoms with E-state index in [1.807, 2.05) is 0 Å². The summed E-state index contributed by atoms with van der Waals surface area (Å²) < 4.78 is 0. The van der Waals surface area contributed by atoms with Crippen LogP contribution in [0.15, 0.2) is 12.7 Å². The van der Waals surface area contributed by atoms with Crippen LogP contribution in [0.4, 0.5) is 0 Å². The van der Waals surface area contributed by atoms with Crippen LogP contribution in [0.1, 0.15) is 27.2 Å². The predicted molar refractivity (Wildman–Crippen MR) is 72.1 cm³/mol. The zero-order valence-corrected chi connectivity index (χ0v) is 11.6. The molecule has 0 aromatic heterocycles. The molecule has 4 heteroatoms. The first kappa shape index (κ1) is 14.9. The molecule has 0 spiro atoms. The predicted octanol–water partition coefficient (Wildman–Crippen LogP) is 1.44. The maximum atomic E-state index is 11.4. The number of nitriles is 1. The SMILES string of the molecule is C=CC(=O)CN1CCN(C(C)(C)C)[C@@H](CC#N)C1. The molecule has 1 fully saturated rings. The van der Waals surface area contributed by atoms with Gasteiger partial charge in [0.1, 0.15) is 0 Å². The molecule has 1 saturated heterocycles. The zero-order valence-electron chi connectivity index (χ0n) is 11.6. The zero-order chi connectivity index (χ0) is 13.8. The van der Waals surface area contributed by atoms with E-state index in [2.05, 4.69) is 43.2 Å². The summed E-state index contributed by atoms with van der Waals surface area (Å²) in [7, 11) is 0. The number of rotatable bonds is 4. The Morgan fingerprint density at radius 3 is 2.67 bits per heavy atom. The van der Waals surface area contributed by atoms with Crippen molar-refractivity contribution in [1.29, 1.82) is 5.26 Å². The fourth-order valence-electron chi connectivity index (χ4n) is 2.51. The number of hydrogen-bond acceptors (Lipinski definition) is 4. The quantitative estimate of drug-likeness (QED) is 0.707. The molecule has 1 aliphatic rings. The van der Waals surface area contributed by atoms with Crippen LogP contribution < -0.4 is 0 Å². The average Bonchev–Trinajstić information content (AvgIpc) is 2.28. The molecule has 1 rings (SSSR count). The second kappa shape index (κ2) is 6.12. The third-order valence-corrected chi connectivity index (χ3v) is 3.36. The number of carbonyl (C=O) groups excluding carboxylic acids is 1. The second-order valence-corrected chi connectivity index (χ2v) is 5.79. The maximum absolute atomic E-state index is 11.4. The fourth-order valence-corrected chi connectivity index (χ4v) is 2.51. The number of piperazine rings is 1. The molecule has 18 heavy (non-hydrogen) atoms. The number of nitrogens with zero attached hydrogens (tertiary/aromatic N) is 3. The minimum Gasteiger partial charge on any atom is -0.293 e. The van der Waals surface area contributed by atoms with E-state index in [0.717, 1.165) is 19.6 Å². The van der Waals surface area contributed by atoms with Gasteiger partial charge in [-0.1, -0.05) is 6.58 Å². The lowest BCUT2D eigenvalue weighted by molar-refractivity contribution is -0.116. The van der Waals surface area contributed by atoms with Crippen LogP contribution in [0.3, 0.4) is 0 Å². The summed E-state index contributed by atoms with van der Waals surface area (Å²) >= 11 is 0. The van der Waals surface area contributed by atoms with Crippen molar-refractivity contribution >= 4 is 5.78 Å². The van der Waals surface area contributed by atoms with E-state index >= 15 is 0 Å². The van der Waals surface area contributed by atoms with E-state index in [4.69, 9.17) is 5.26 Å². The van der Waals surface area contributed by atoms with Crippen molar-refractivity contribution in [2.75, 3.05) is 26.2 Å². The van der Waals surface area contributed by atoms with Crippen LogP contribution >= 0.6 is 0 Å². The van der Waals surface area contributed by atoms with E-state index < -0.39 is 0 Å². The molecule has 100 valence electrons. The van der Waals surface area contributed by atoms with Crippen molar-refractivity contribution < 1.29 is 4.79 Å². The molecule has 0 saturated carbocycles. The third kappa shape index (κ3) is 3.94. The summed E-state index contributed by atoms with van der Waals surface area (Å²) in [5, 5.41) is 8.94. The summed E-state index contributed by atoms with van der Waals surface area (Å²) in [4.78, 5) is 15.9. The van der Waals surface area contributed by atoms with Gasteiger partial charge < -0.3 is 0 Å². The van der Waals surface area contributed by atoms with E-state index in [0.29, 0.717) is 13.0 Å². The lowest BCUT2D eigenvalue weighted by Gasteiger charge is -2.47. The normalized spacial score (nSPS) is 22.4. The number of ketones is 1. The lowest BCUT2D eigenvalue weighted by atomic mass is 9.98. The molecule has 0 amide bonds. The van der Waals surface area contributed by atoms with Crippen LogP contribution in [-0.4, -0.2) is 53.3 Å². The highest BCUT2D eigenvalue weighted by Crippen LogP contribution is 2.22. The van der Waals surface area contributed by atoms with Crippen LogP contribution in [-0.2, 0) is 4.79 Å². The molecule has 0 unspecified atom stereocenters. The summed E-state index contributed by atoms with van der Waals surface area (Å²) in [5.41, 5.74) is 0.0655. The van der Waals surface area contributed by atoms with Gasteiger partial charge in [-0.15, -0.1) is 0 Å². The Morgan fingerprint density at radius 1 is 1.50 bits per heavy atom. The first-order chi connectivity index (χ1) is 8.38. The molecule has 0 radical (unpaired) electrons. The molecule has 4 nitrogen and oxygen atoms in total. The molecular formula is C14H23N3O. The van der Waals surface area contributed by atoms with Crippen molar-refractivity contribution in [1.82, 2.24) is 9.80 Å². The molecule has 1 atom stereocenters. The van der Waals surface area contributed by atoms with Crippen LogP contribution in [0.5, 0.6) is 0 Å². The standard InChI is InChI=1S/C14H23N3O/c1-5-13(18)11-16-8-9-17(14(2,3)4)12(10-16)6-7-15/h5,12H,1,6,8-11H2,2-4H3/t12-/m0/s1. The maximum Gasteiger partial charge on any atom is 0.169 e. The van der Waals surface area contributed by atoms with Crippen molar-refractivity contribution in [3.8, 4) is 6.07 Å². The molecule has 0 aromatic rings. The van der Waals surface area contributed by atoms with Gasteiger partial charge >= 0.3 is 0 Å². The Labute approximate surface area is 110 Å². The smallest absolute Gasteiger partial charge is 0.169 e. The van der Waals surface area contributed by atoms with Gasteiger partial charge in [-0.25, -0.2) is 0 Å². The van der Waals surface area contributed by atoms with Gasteiger partial charge in [0.2, 0.25) is 0 Å². The van der Waals surface area contributed by atoms with Gasteiger partial charge in [-0.3, -0.25) is 14.6 Å². The molecule has 0 N–H and O–H groups in total. The first-order valence-corrected chi connectivity index (χ1v) is 6.39. The molecule has 1 aliphatic heterocycles. The average molecular weight is 249 g/mol. The summed E-state index contributed by atoms with van der Waals surface area (Å²) in [6.07, 6.45) is 1.88. The summed E-state index contributed by atoms with van der Waals surface area (Å²) in [6.45, 7) is 13.0. The van der Waals surface area contributed by atoms with Crippen molar-refractivity contribution in [2.45, 2.75) is 38.8 Å². The highest BCUT2D eigenvalue weighted by molar-refractivity contribution is 5.90. The molecule has 1 heterocycles. The minimum absolute atomic E-state index is 0.0508. The Kier molecular flexibility index (Phi) is 5.06. The van der Waals surface area contributed by atoms with Crippen LogP contribution in [0.25, 0.3) is 0 Å². The summed E-state index contributed by atoms with van der Waals surface area (Å²) in [5.74, 6) is 0.0508. The van der Waals surface area contributed by atoms with E-state index in [1.54, 1.807) is 0 Å². The molecule has 0 aliphatic carbocycles. The van der Waals surface area contributed by atoms with Crippen molar-refractivity contribution in [3.05, 3.63) is 12.7 Å². The number of carbonyl (C=O) groups is 1. The summed E-state index contributed by atoms with van der Waals surface area (Å²) in [6, 6.07) is 2.46. The Bertz CT molecular complexity index is 351. The topological polar surface area (TPSA) is 47.3 Å². The Morgan fingerprint density at radius 2 is 2.17 bits per heavy atom. The van der Waals surface area contributed by atoms with Crippen LogP contribution in [0.2, 0.25) is 0 Å². The highest BCUT2D eigenvalue weighted by Gasteiger charge is 2.33. The van der Waals surface area contributed by atoms with E-state index in [9.17, 15) is 4.79 Å². The van der Waals surface area contributed by atoms with Gasteiger partial charge in [-0.05, 0) is 26.8 Å². The van der Waals surface area contributed by atoms with Gasteiger partial charge in [0.05, 0.1) is 19.0 Å². The Hall–Kier alpha value is -1.18. The highest BCUT2D eigenvalue weighted by atomic mass is 16.1. The van der Waals surface area contributed by atoms with E-state index in [-0.39, 0.29) is 17.4 Å². The monoisotopic (exact) mass is 249 g/mol. The molecular weight excluding hydrogens is 226 g/mol. The minimum atomic E-state index is 0.0508. The third-order valence-electron chi connectivity index (χ3n) is 3.36. The van der Waals surface area contributed by atoms with E-state index in [1.165, 1.54) is 6.08 Å². The Balaban J connectivity index is 2.68. The van der Waals surface area contributed by atoms with Gasteiger partial charge in [0, 0.05) is 31.2 Å². The lowest BCUT2D eigenvalue weighted by Crippen LogP contribution is -2.59.